The van der Waals surface area contributed by atoms with Crippen molar-refractivity contribution >= 4 is 41.8 Å². The van der Waals surface area contributed by atoms with Gasteiger partial charge in [0.15, 0.2) is 24.4 Å². The van der Waals surface area contributed by atoms with Crippen LogP contribution in [0.5, 0.6) is 0 Å². The van der Waals surface area contributed by atoms with E-state index in [9.17, 15) is 43.8 Å². The predicted molar refractivity (Wildman–Crippen MR) is 196 cm³/mol. The van der Waals surface area contributed by atoms with Gasteiger partial charge in [0.2, 0.25) is 0 Å². The van der Waals surface area contributed by atoms with Crippen LogP contribution in [0.3, 0.4) is 0 Å². The van der Waals surface area contributed by atoms with E-state index >= 15 is 0 Å². The first-order valence-corrected chi connectivity index (χ1v) is 18.9. The molecule has 0 radical (unpaired) electrons. The molecule has 314 valence electrons. The second kappa shape index (κ2) is 16.9. The molecule has 2 aliphatic carbocycles. The van der Waals surface area contributed by atoms with Crippen LogP contribution in [0.2, 0.25) is 0 Å². The number of rotatable bonds is 8. The predicted octanol–water partition coefficient (Wildman–Crippen LogP) is 3.32. The van der Waals surface area contributed by atoms with Gasteiger partial charge in [-0.1, -0.05) is 65.0 Å². The Morgan fingerprint density at radius 3 is 1.88 bits per heavy atom. The first kappa shape index (κ1) is 44.9. The molecule has 1 aromatic carbocycles. The first-order chi connectivity index (χ1) is 26.4. The van der Waals surface area contributed by atoms with E-state index < -0.39 is 138 Å². The van der Waals surface area contributed by atoms with E-state index in [4.69, 9.17) is 33.2 Å². The van der Waals surface area contributed by atoms with Crippen LogP contribution in [0.4, 0.5) is 0 Å². The van der Waals surface area contributed by atoms with Crippen LogP contribution in [-0.4, -0.2) is 105 Å². The summed E-state index contributed by atoms with van der Waals surface area (Å²) >= 11 is 0. The van der Waals surface area contributed by atoms with Gasteiger partial charge < -0.3 is 43.4 Å². The first-order valence-electron chi connectivity index (χ1n) is 18.9. The Hall–Kier alpha value is -4.83. The lowest BCUT2D eigenvalue weighted by Crippen LogP contribution is -2.70. The van der Waals surface area contributed by atoms with E-state index in [1.54, 1.807) is 51.1 Å². The fourth-order valence-electron chi connectivity index (χ4n) is 8.40. The maximum absolute atomic E-state index is 14.3. The Morgan fingerprint density at radius 2 is 1.33 bits per heavy atom. The fourth-order valence-corrected chi connectivity index (χ4v) is 8.40. The molecule has 2 bridgehead atoms. The highest BCUT2D eigenvalue weighted by Crippen LogP contribution is 2.56. The van der Waals surface area contributed by atoms with Gasteiger partial charge in [0, 0.05) is 51.9 Å². The van der Waals surface area contributed by atoms with E-state index in [-0.39, 0.29) is 5.56 Å². The normalized spacial score (nSPS) is 34.8. The molecular formula is C41H54O16. The molecule has 1 saturated heterocycles. The van der Waals surface area contributed by atoms with Gasteiger partial charge in [-0.3, -0.25) is 28.8 Å². The Kier molecular flexibility index (Phi) is 13.3. The molecule has 0 aromatic heterocycles. The fraction of sp³-hybridized carbons (Fsp3) is 0.634. The number of benzene rings is 1. The molecule has 2 fully saturated rings. The van der Waals surface area contributed by atoms with Crippen molar-refractivity contribution in [3.05, 3.63) is 48.0 Å². The second-order valence-electron chi connectivity index (χ2n) is 16.4. The van der Waals surface area contributed by atoms with Gasteiger partial charge in [0.25, 0.3) is 0 Å². The number of hydrogen-bond acceptors (Lipinski definition) is 16. The summed E-state index contributed by atoms with van der Waals surface area (Å²) in [6, 6.07) is 7.55. The van der Waals surface area contributed by atoms with Gasteiger partial charge in [0.05, 0.1) is 17.4 Å². The van der Waals surface area contributed by atoms with Gasteiger partial charge in [-0.25, -0.2) is 4.79 Å². The SMILES string of the molecule is CC(=O)OC1C(OC(C)=O)C(C)(C)C=CC(C)C(OC(C)=O)C2(O)CC(C)(OC(C)=O)C3OC(=O)CCC(O)(C1OC(=O)C(C)C)C(OC(=O)c1ccccc1)C32. The van der Waals surface area contributed by atoms with E-state index in [0.29, 0.717) is 0 Å². The molecule has 16 heteroatoms. The van der Waals surface area contributed by atoms with Crippen molar-refractivity contribution in [2.24, 2.45) is 23.2 Å². The highest BCUT2D eigenvalue weighted by Gasteiger charge is 2.74. The van der Waals surface area contributed by atoms with Crippen molar-refractivity contribution in [1.82, 2.24) is 0 Å². The van der Waals surface area contributed by atoms with Crippen LogP contribution in [0.25, 0.3) is 0 Å². The van der Waals surface area contributed by atoms with Crippen molar-refractivity contribution in [3.63, 3.8) is 0 Å². The van der Waals surface area contributed by atoms with Gasteiger partial charge in [0.1, 0.15) is 29.0 Å². The number of hydrogen-bond donors (Lipinski definition) is 2. The molecule has 1 saturated carbocycles. The molecule has 1 aliphatic heterocycles. The Bertz CT molecular complexity index is 1750. The summed E-state index contributed by atoms with van der Waals surface area (Å²) < 4.78 is 41.7. The van der Waals surface area contributed by atoms with E-state index in [1.165, 1.54) is 32.9 Å². The highest BCUT2D eigenvalue weighted by atomic mass is 16.6. The van der Waals surface area contributed by atoms with E-state index in [0.717, 1.165) is 27.7 Å². The number of carbonyl (C=O) groups is 7. The molecule has 11 atom stereocenters. The van der Waals surface area contributed by atoms with Crippen molar-refractivity contribution in [2.45, 2.75) is 142 Å². The minimum Gasteiger partial charge on any atom is -0.459 e. The van der Waals surface area contributed by atoms with Crippen LogP contribution in [-0.2, 0) is 61.9 Å². The lowest BCUT2D eigenvalue weighted by atomic mass is 9.66. The zero-order valence-corrected chi connectivity index (χ0v) is 34.0. The molecule has 57 heavy (non-hydrogen) atoms. The molecule has 3 aliphatic rings. The Morgan fingerprint density at radius 1 is 0.754 bits per heavy atom. The molecule has 16 nitrogen and oxygen atoms in total. The molecule has 1 aromatic rings. The Labute approximate surface area is 331 Å². The van der Waals surface area contributed by atoms with Gasteiger partial charge in [-0.15, -0.1) is 0 Å². The monoisotopic (exact) mass is 802 g/mol. The average molecular weight is 803 g/mol. The van der Waals surface area contributed by atoms with Crippen LogP contribution >= 0.6 is 0 Å². The zero-order valence-electron chi connectivity index (χ0n) is 34.0. The summed E-state index contributed by atoms with van der Waals surface area (Å²) in [6.45, 7) is 13.5. The number of fused-ring (bicyclic) bond motifs is 1. The zero-order chi connectivity index (χ0) is 42.8. The average Bonchev–Trinajstić information content (AvgIpc) is 3.31. The standard InChI is InChI=1S/C41H54O16/c1-21(2)36(47)56-35-30(51-23(4)42)34(53-25(6)44)38(8,9)18-16-22(3)31(52-24(5)43)41(50)20-39(10,57-26(7)45)32-29(41)33(40(35,49)19-17-28(46)54-32)55-37(48)27-14-12-11-13-15-27/h11-16,18,21-22,29-35,49-50H,17,19-20H2,1-10H3. The van der Waals surface area contributed by atoms with Crippen LogP contribution in [0, 0.1) is 23.2 Å². The number of aliphatic hydroxyl groups is 2. The highest BCUT2D eigenvalue weighted by molar-refractivity contribution is 5.89. The minimum atomic E-state index is -2.84. The molecule has 4 rings (SSSR count). The summed E-state index contributed by atoms with van der Waals surface area (Å²) in [5, 5.41) is 26.9. The lowest BCUT2D eigenvalue weighted by molar-refractivity contribution is -0.263. The third kappa shape index (κ3) is 9.49. The molecule has 0 spiro atoms. The molecule has 2 N–H and O–H groups in total. The topological polar surface area (TPSA) is 225 Å². The van der Waals surface area contributed by atoms with Gasteiger partial charge in [-0.2, -0.15) is 0 Å². The summed E-state index contributed by atoms with van der Waals surface area (Å²) in [5.41, 5.74) is -8.66. The number of esters is 7. The second-order valence-corrected chi connectivity index (χ2v) is 16.4. The lowest BCUT2D eigenvalue weighted by Gasteiger charge is -2.52. The van der Waals surface area contributed by atoms with Crippen molar-refractivity contribution in [1.29, 1.82) is 0 Å². The molecule has 0 amide bonds. The molecule has 1 heterocycles. The third-order valence-electron chi connectivity index (χ3n) is 10.8. The number of ether oxygens (including phenoxy) is 7. The van der Waals surface area contributed by atoms with Crippen LogP contribution < -0.4 is 0 Å². The Balaban J connectivity index is 2.26. The summed E-state index contributed by atoms with van der Waals surface area (Å²) in [5.74, 6) is -10.2. The summed E-state index contributed by atoms with van der Waals surface area (Å²) in [4.78, 5) is 93.4. The van der Waals surface area contributed by atoms with E-state index in [2.05, 4.69) is 0 Å². The maximum Gasteiger partial charge on any atom is 0.338 e. The summed E-state index contributed by atoms with van der Waals surface area (Å²) in [7, 11) is 0. The maximum atomic E-state index is 14.3. The van der Waals surface area contributed by atoms with Crippen molar-refractivity contribution in [3.8, 4) is 0 Å². The quantitative estimate of drug-likeness (QED) is 0.218. The van der Waals surface area contributed by atoms with Crippen LogP contribution in [0.15, 0.2) is 42.5 Å². The van der Waals surface area contributed by atoms with Gasteiger partial charge >= 0.3 is 41.8 Å². The summed E-state index contributed by atoms with van der Waals surface area (Å²) in [6.07, 6.45) is -9.88. The molecular weight excluding hydrogens is 748 g/mol. The minimum absolute atomic E-state index is 0.0279. The van der Waals surface area contributed by atoms with Gasteiger partial charge in [-0.05, 0) is 25.5 Å². The van der Waals surface area contributed by atoms with Crippen LogP contribution in [0.1, 0.15) is 98.9 Å². The van der Waals surface area contributed by atoms with Crippen molar-refractivity contribution < 1.29 is 76.9 Å². The van der Waals surface area contributed by atoms with Crippen molar-refractivity contribution in [2.75, 3.05) is 0 Å². The smallest absolute Gasteiger partial charge is 0.338 e. The van der Waals surface area contributed by atoms with E-state index in [1.807, 2.05) is 0 Å². The largest absolute Gasteiger partial charge is 0.459 e. The molecule has 11 unspecified atom stereocenters. The third-order valence-corrected chi connectivity index (χ3v) is 10.8. The number of carbonyl (C=O) groups excluding carboxylic acids is 7.